The zero-order chi connectivity index (χ0) is 21.6. The number of nitrogens with zero attached hydrogens (tertiary/aromatic N) is 2. The van der Waals surface area contributed by atoms with Gasteiger partial charge in [-0.1, -0.05) is 0 Å². The SMILES string of the molecule is CN(CCNC(=O)OC(C)(C)C)c1ccc2nccc(C(=O)NCC(=O)O)c2c1. The van der Waals surface area contributed by atoms with Crippen molar-refractivity contribution in [3.05, 3.63) is 36.0 Å². The van der Waals surface area contributed by atoms with E-state index in [0.29, 0.717) is 29.6 Å². The van der Waals surface area contributed by atoms with Crippen molar-refractivity contribution in [3.8, 4) is 0 Å². The van der Waals surface area contributed by atoms with Gasteiger partial charge in [0.25, 0.3) is 5.91 Å². The number of carbonyl (C=O) groups is 3. The first-order valence-corrected chi connectivity index (χ1v) is 9.13. The van der Waals surface area contributed by atoms with Gasteiger partial charge in [0.1, 0.15) is 12.1 Å². The maximum atomic E-state index is 12.3. The number of carboxylic acid groups (broad SMARTS) is 1. The number of pyridine rings is 1. The number of hydrogen-bond acceptors (Lipinski definition) is 6. The number of amides is 2. The molecular formula is C20H26N4O5. The number of carbonyl (C=O) groups excluding carboxylic acids is 2. The van der Waals surface area contributed by atoms with E-state index in [2.05, 4.69) is 15.6 Å². The molecule has 1 aromatic carbocycles. The van der Waals surface area contributed by atoms with Crippen molar-refractivity contribution in [2.45, 2.75) is 26.4 Å². The van der Waals surface area contributed by atoms with Gasteiger partial charge in [-0.3, -0.25) is 14.6 Å². The van der Waals surface area contributed by atoms with Gasteiger partial charge in [0.2, 0.25) is 0 Å². The van der Waals surface area contributed by atoms with E-state index in [4.69, 9.17) is 9.84 Å². The molecule has 0 saturated heterocycles. The van der Waals surface area contributed by atoms with Crippen molar-refractivity contribution in [2.24, 2.45) is 0 Å². The van der Waals surface area contributed by atoms with Crippen molar-refractivity contribution in [3.63, 3.8) is 0 Å². The Morgan fingerprint density at radius 1 is 1.17 bits per heavy atom. The van der Waals surface area contributed by atoms with E-state index >= 15 is 0 Å². The zero-order valence-corrected chi connectivity index (χ0v) is 17.0. The first-order valence-electron chi connectivity index (χ1n) is 9.13. The predicted octanol–water partition coefficient (Wildman–Crippen LogP) is 2.01. The number of ether oxygens (including phenoxy) is 1. The number of likely N-dealkylation sites (N-methyl/N-ethyl adjacent to an activating group) is 1. The molecule has 156 valence electrons. The Labute approximate surface area is 169 Å². The predicted molar refractivity (Wildman–Crippen MR) is 109 cm³/mol. The Morgan fingerprint density at radius 3 is 2.55 bits per heavy atom. The quantitative estimate of drug-likeness (QED) is 0.648. The summed E-state index contributed by atoms with van der Waals surface area (Å²) < 4.78 is 5.20. The molecule has 9 nitrogen and oxygen atoms in total. The average Bonchev–Trinajstić information content (AvgIpc) is 2.63. The van der Waals surface area contributed by atoms with E-state index in [9.17, 15) is 14.4 Å². The standard InChI is InChI=1S/C20H26N4O5/c1-20(2,3)29-19(28)22-9-10-24(4)13-5-6-16-15(11-13)14(7-8-21-16)18(27)23-12-17(25)26/h5-8,11H,9-10,12H2,1-4H3,(H,22,28)(H,23,27)(H,25,26). The van der Waals surface area contributed by atoms with Crippen LogP contribution in [0.4, 0.5) is 10.5 Å². The van der Waals surface area contributed by atoms with Gasteiger partial charge in [0.05, 0.1) is 11.1 Å². The molecule has 0 aliphatic rings. The number of alkyl carbamates (subject to hydrolysis) is 1. The van der Waals surface area contributed by atoms with Gasteiger partial charge in [-0.15, -0.1) is 0 Å². The number of aromatic nitrogens is 1. The molecule has 1 aromatic heterocycles. The van der Waals surface area contributed by atoms with Crippen molar-refractivity contribution < 1.29 is 24.2 Å². The third kappa shape index (κ3) is 6.63. The lowest BCUT2D eigenvalue weighted by molar-refractivity contribution is -0.135. The van der Waals surface area contributed by atoms with E-state index in [1.165, 1.54) is 6.20 Å². The fraction of sp³-hybridized carbons (Fsp3) is 0.400. The Bertz CT molecular complexity index is 907. The molecule has 0 atom stereocenters. The number of carboxylic acids is 1. The Morgan fingerprint density at radius 2 is 1.90 bits per heavy atom. The molecule has 1 heterocycles. The summed E-state index contributed by atoms with van der Waals surface area (Å²) in [6, 6.07) is 7.01. The highest BCUT2D eigenvalue weighted by molar-refractivity contribution is 6.07. The average molecular weight is 402 g/mol. The van der Waals surface area contributed by atoms with E-state index in [-0.39, 0.29) is 0 Å². The van der Waals surface area contributed by atoms with Gasteiger partial charge >= 0.3 is 12.1 Å². The highest BCUT2D eigenvalue weighted by Gasteiger charge is 2.16. The number of rotatable bonds is 7. The summed E-state index contributed by atoms with van der Waals surface area (Å²) in [5.41, 5.74) is 1.23. The van der Waals surface area contributed by atoms with E-state index in [0.717, 1.165) is 5.69 Å². The second-order valence-corrected chi connectivity index (χ2v) is 7.49. The van der Waals surface area contributed by atoms with E-state index < -0.39 is 30.1 Å². The van der Waals surface area contributed by atoms with Gasteiger partial charge in [0, 0.05) is 37.4 Å². The smallest absolute Gasteiger partial charge is 0.407 e. The van der Waals surface area contributed by atoms with Gasteiger partial charge < -0.3 is 25.4 Å². The summed E-state index contributed by atoms with van der Waals surface area (Å²) in [4.78, 5) is 40.9. The van der Waals surface area contributed by atoms with Crippen LogP contribution in [0.3, 0.4) is 0 Å². The van der Waals surface area contributed by atoms with Crippen molar-refractivity contribution >= 4 is 34.6 Å². The van der Waals surface area contributed by atoms with Gasteiger partial charge in [-0.05, 0) is 45.0 Å². The molecule has 0 unspecified atom stereocenters. The molecule has 0 aliphatic heterocycles. The molecule has 2 aromatic rings. The maximum Gasteiger partial charge on any atom is 0.407 e. The molecule has 29 heavy (non-hydrogen) atoms. The lowest BCUT2D eigenvalue weighted by atomic mass is 10.1. The van der Waals surface area contributed by atoms with E-state index in [1.54, 1.807) is 32.9 Å². The number of fused-ring (bicyclic) bond motifs is 1. The minimum atomic E-state index is -1.12. The summed E-state index contributed by atoms with van der Waals surface area (Å²) >= 11 is 0. The molecule has 2 amide bonds. The second-order valence-electron chi connectivity index (χ2n) is 7.49. The lowest BCUT2D eigenvalue weighted by Crippen LogP contribution is -2.37. The summed E-state index contributed by atoms with van der Waals surface area (Å²) in [7, 11) is 1.86. The highest BCUT2D eigenvalue weighted by atomic mass is 16.6. The van der Waals surface area contributed by atoms with Gasteiger partial charge in [-0.25, -0.2) is 4.79 Å². The largest absolute Gasteiger partial charge is 0.480 e. The molecule has 0 fully saturated rings. The number of nitrogens with one attached hydrogen (secondary N) is 2. The fourth-order valence-electron chi connectivity index (χ4n) is 2.59. The molecule has 0 saturated carbocycles. The van der Waals surface area contributed by atoms with Crippen LogP contribution in [0.2, 0.25) is 0 Å². The van der Waals surface area contributed by atoms with Crippen LogP contribution >= 0.6 is 0 Å². The van der Waals surface area contributed by atoms with Crippen LogP contribution in [0.15, 0.2) is 30.5 Å². The van der Waals surface area contributed by atoms with Crippen LogP contribution in [-0.2, 0) is 9.53 Å². The summed E-state index contributed by atoms with van der Waals surface area (Å²) in [6.45, 7) is 5.83. The Hall–Kier alpha value is -3.36. The van der Waals surface area contributed by atoms with Crippen LogP contribution in [0.1, 0.15) is 31.1 Å². The molecule has 3 N–H and O–H groups in total. The number of aliphatic carboxylic acids is 1. The third-order valence-electron chi connectivity index (χ3n) is 3.93. The summed E-state index contributed by atoms with van der Waals surface area (Å²) in [5, 5.41) is 14.4. The monoisotopic (exact) mass is 402 g/mol. The highest BCUT2D eigenvalue weighted by Crippen LogP contribution is 2.23. The number of hydrogen-bond donors (Lipinski definition) is 3. The minimum absolute atomic E-state index is 0.346. The lowest BCUT2D eigenvalue weighted by Gasteiger charge is -2.22. The van der Waals surface area contributed by atoms with Crippen LogP contribution in [0.25, 0.3) is 10.9 Å². The van der Waals surface area contributed by atoms with Crippen molar-refractivity contribution in [1.82, 2.24) is 15.6 Å². The van der Waals surface area contributed by atoms with E-state index in [1.807, 2.05) is 24.1 Å². The van der Waals surface area contributed by atoms with Crippen LogP contribution in [0, 0.1) is 0 Å². The van der Waals surface area contributed by atoms with Gasteiger partial charge in [0.15, 0.2) is 0 Å². The third-order valence-corrected chi connectivity index (χ3v) is 3.93. The number of anilines is 1. The molecule has 0 radical (unpaired) electrons. The molecule has 0 spiro atoms. The summed E-state index contributed by atoms with van der Waals surface area (Å²) in [6.07, 6.45) is 1.03. The van der Waals surface area contributed by atoms with Gasteiger partial charge in [-0.2, -0.15) is 0 Å². The molecular weight excluding hydrogens is 376 g/mol. The topological polar surface area (TPSA) is 121 Å². The minimum Gasteiger partial charge on any atom is -0.480 e. The molecule has 2 rings (SSSR count). The molecule has 0 aliphatic carbocycles. The maximum absolute atomic E-state index is 12.3. The van der Waals surface area contributed by atoms with Crippen LogP contribution in [-0.4, -0.2) is 60.3 Å². The molecule has 9 heteroatoms. The van der Waals surface area contributed by atoms with Crippen LogP contribution < -0.4 is 15.5 Å². The molecule has 0 bridgehead atoms. The summed E-state index contributed by atoms with van der Waals surface area (Å²) in [5.74, 6) is -1.60. The normalized spacial score (nSPS) is 11.0. The zero-order valence-electron chi connectivity index (χ0n) is 17.0. The van der Waals surface area contributed by atoms with Crippen molar-refractivity contribution in [2.75, 3.05) is 31.6 Å². The number of benzene rings is 1. The first-order chi connectivity index (χ1) is 13.6. The van der Waals surface area contributed by atoms with Crippen LogP contribution in [0.5, 0.6) is 0 Å². The second kappa shape index (κ2) is 9.22. The Balaban J connectivity index is 2.09. The van der Waals surface area contributed by atoms with Crippen molar-refractivity contribution in [1.29, 1.82) is 0 Å². The fourth-order valence-corrected chi connectivity index (χ4v) is 2.59. The first kappa shape index (κ1) is 21.9. The Kier molecular flexibility index (Phi) is 6.98.